The van der Waals surface area contributed by atoms with Gasteiger partial charge in [-0.15, -0.1) is 0 Å². The molecule has 4 heteroatoms. The number of amides is 1. The van der Waals surface area contributed by atoms with Gasteiger partial charge in [0.1, 0.15) is 0 Å². The van der Waals surface area contributed by atoms with Crippen LogP contribution < -0.4 is 11.1 Å². The number of aliphatic imine (C=N–C) groups is 1. The van der Waals surface area contributed by atoms with Crippen LogP contribution in [0.2, 0.25) is 0 Å². The van der Waals surface area contributed by atoms with E-state index in [4.69, 9.17) is 5.73 Å². The standard InChI is InChI=1S/C7H15N3O/c1-6(8)9-4-3-5-10-7(2)11/h3-5H2,1-2H3,(H2,8,9)(H,10,11). The first-order valence-electron chi connectivity index (χ1n) is 3.64. The van der Waals surface area contributed by atoms with Gasteiger partial charge in [-0.2, -0.15) is 0 Å². The zero-order valence-electron chi connectivity index (χ0n) is 7.05. The summed E-state index contributed by atoms with van der Waals surface area (Å²) in [6, 6.07) is 0. The summed E-state index contributed by atoms with van der Waals surface area (Å²) in [5.41, 5.74) is 5.30. The lowest BCUT2D eigenvalue weighted by molar-refractivity contribution is -0.118. The van der Waals surface area contributed by atoms with Crippen LogP contribution in [0.3, 0.4) is 0 Å². The molecule has 64 valence electrons. The molecule has 0 radical (unpaired) electrons. The fourth-order valence-electron chi connectivity index (χ4n) is 0.599. The summed E-state index contributed by atoms with van der Waals surface area (Å²) >= 11 is 0. The minimum atomic E-state index is -0.00144. The molecule has 0 saturated carbocycles. The van der Waals surface area contributed by atoms with E-state index in [1.807, 2.05) is 0 Å². The van der Waals surface area contributed by atoms with E-state index in [1.54, 1.807) is 6.92 Å². The van der Waals surface area contributed by atoms with Gasteiger partial charge in [0.25, 0.3) is 0 Å². The van der Waals surface area contributed by atoms with E-state index in [0.717, 1.165) is 6.42 Å². The van der Waals surface area contributed by atoms with Gasteiger partial charge in [-0.3, -0.25) is 9.79 Å². The Labute approximate surface area is 66.9 Å². The molecule has 0 aliphatic carbocycles. The number of nitrogens with one attached hydrogen (secondary N) is 1. The average Bonchev–Trinajstić information content (AvgIpc) is 1.85. The van der Waals surface area contributed by atoms with Crippen molar-refractivity contribution >= 4 is 11.7 Å². The number of nitrogens with zero attached hydrogens (tertiary/aromatic N) is 1. The summed E-state index contributed by atoms with van der Waals surface area (Å²) in [6.45, 7) is 4.60. The zero-order valence-corrected chi connectivity index (χ0v) is 7.05. The number of hydrogen-bond acceptors (Lipinski definition) is 2. The zero-order chi connectivity index (χ0) is 8.69. The van der Waals surface area contributed by atoms with Gasteiger partial charge >= 0.3 is 0 Å². The molecule has 4 nitrogen and oxygen atoms in total. The molecule has 11 heavy (non-hydrogen) atoms. The molecular weight excluding hydrogens is 142 g/mol. The van der Waals surface area contributed by atoms with E-state index in [0.29, 0.717) is 18.9 Å². The van der Waals surface area contributed by atoms with Gasteiger partial charge in [0.2, 0.25) is 5.91 Å². The smallest absolute Gasteiger partial charge is 0.216 e. The van der Waals surface area contributed by atoms with E-state index in [9.17, 15) is 4.79 Å². The van der Waals surface area contributed by atoms with Crippen molar-refractivity contribution < 1.29 is 4.79 Å². The van der Waals surface area contributed by atoms with Crippen molar-refractivity contribution in [3.63, 3.8) is 0 Å². The van der Waals surface area contributed by atoms with Gasteiger partial charge in [0.05, 0.1) is 5.84 Å². The van der Waals surface area contributed by atoms with Crippen molar-refractivity contribution in [2.45, 2.75) is 20.3 Å². The molecule has 1 amide bonds. The molecule has 0 aliphatic rings. The summed E-state index contributed by atoms with van der Waals surface area (Å²) in [5.74, 6) is 0.589. The SMILES string of the molecule is CC(=O)NCCCN=C(C)N. The third-order valence-corrected chi connectivity index (χ3v) is 1.07. The van der Waals surface area contributed by atoms with Gasteiger partial charge < -0.3 is 11.1 Å². The molecule has 0 bridgehead atoms. The van der Waals surface area contributed by atoms with Crippen LogP contribution in [-0.4, -0.2) is 24.8 Å². The van der Waals surface area contributed by atoms with Gasteiger partial charge in [-0.25, -0.2) is 0 Å². The minimum absolute atomic E-state index is 0.00144. The number of rotatable bonds is 4. The monoisotopic (exact) mass is 157 g/mol. The molecule has 0 aliphatic heterocycles. The van der Waals surface area contributed by atoms with Crippen LogP contribution in [0.15, 0.2) is 4.99 Å². The first kappa shape index (κ1) is 9.94. The second kappa shape index (κ2) is 5.70. The summed E-state index contributed by atoms with van der Waals surface area (Å²) < 4.78 is 0. The second-order valence-corrected chi connectivity index (χ2v) is 2.36. The predicted octanol–water partition coefficient (Wildman–Crippen LogP) is -0.110. The number of amidine groups is 1. The molecule has 3 N–H and O–H groups in total. The van der Waals surface area contributed by atoms with E-state index >= 15 is 0 Å². The molecule has 0 saturated heterocycles. The first-order chi connectivity index (χ1) is 5.13. The lowest BCUT2D eigenvalue weighted by Crippen LogP contribution is -2.21. The van der Waals surface area contributed by atoms with Crippen molar-refractivity contribution in [2.24, 2.45) is 10.7 Å². The lowest BCUT2D eigenvalue weighted by atomic mass is 10.4. The number of carbonyl (C=O) groups is 1. The molecule has 0 atom stereocenters. The topological polar surface area (TPSA) is 67.5 Å². The highest BCUT2D eigenvalue weighted by Gasteiger charge is 1.88. The summed E-state index contributed by atoms with van der Waals surface area (Å²) in [7, 11) is 0. The van der Waals surface area contributed by atoms with Crippen LogP contribution in [-0.2, 0) is 4.79 Å². The number of nitrogens with two attached hydrogens (primary N) is 1. The largest absolute Gasteiger partial charge is 0.388 e. The first-order valence-corrected chi connectivity index (χ1v) is 3.64. The third-order valence-electron chi connectivity index (χ3n) is 1.07. The highest BCUT2D eigenvalue weighted by Crippen LogP contribution is 1.78. The van der Waals surface area contributed by atoms with Crippen molar-refractivity contribution in [1.82, 2.24) is 5.32 Å². The van der Waals surface area contributed by atoms with Crippen molar-refractivity contribution in [3.05, 3.63) is 0 Å². The van der Waals surface area contributed by atoms with E-state index in [2.05, 4.69) is 10.3 Å². The quantitative estimate of drug-likeness (QED) is 0.339. The third kappa shape index (κ3) is 8.94. The minimum Gasteiger partial charge on any atom is -0.388 e. The highest BCUT2D eigenvalue weighted by molar-refractivity contribution is 5.77. The molecular formula is C7H15N3O. The Balaban J connectivity index is 3.15. The maximum atomic E-state index is 10.4. The van der Waals surface area contributed by atoms with Crippen molar-refractivity contribution in [1.29, 1.82) is 0 Å². The molecule has 0 spiro atoms. The van der Waals surface area contributed by atoms with Crippen LogP contribution in [0, 0.1) is 0 Å². The average molecular weight is 157 g/mol. The lowest BCUT2D eigenvalue weighted by Gasteiger charge is -1.98. The molecule has 0 unspecified atom stereocenters. The Morgan fingerprint density at radius 2 is 2.18 bits per heavy atom. The summed E-state index contributed by atoms with van der Waals surface area (Å²) in [5, 5.41) is 2.67. The van der Waals surface area contributed by atoms with Crippen LogP contribution in [0.4, 0.5) is 0 Å². The summed E-state index contributed by atoms with van der Waals surface area (Å²) in [4.78, 5) is 14.3. The van der Waals surface area contributed by atoms with Crippen LogP contribution >= 0.6 is 0 Å². The van der Waals surface area contributed by atoms with Crippen molar-refractivity contribution in [3.8, 4) is 0 Å². The molecule has 0 rings (SSSR count). The van der Waals surface area contributed by atoms with Crippen LogP contribution in [0.25, 0.3) is 0 Å². The van der Waals surface area contributed by atoms with Gasteiger partial charge in [-0.05, 0) is 13.3 Å². The Hall–Kier alpha value is -1.06. The van der Waals surface area contributed by atoms with E-state index < -0.39 is 0 Å². The summed E-state index contributed by atoms with van der Waals surface area (Å²) in [6.07, 6.45) is 0.841. The van der Waals surface area contributed by atoms with Gasteiger partial charge in [0, 0.05) is 20.0 Å². The van der Waals surface area contributed by atoms with Gasteiger partial charge in [-0.1, -0.05) is 0 Å². The molecule has 0 aromatic rings. The Morgan fingerprint density at radius 1 is 1.55 bits per heavy atom. The van der Waals surface area contributed by atoms with E-state index in [-0.39, 0.29) is 5.91 Å². The Bertz CT molecular complexity index is 150. The molecule has 0 heterocycles. The normalized spacial score (nSPS) is 11.3. The molecule has 0 fully saturated rings. The molecule has 0 aromatic heterocycles. The Morgan fingerprint density at radius 3 is 2.64 bits per heavy atom. The Kier molecular flexibility index (Phi) is 5.15. The van der Waals surface area contributed by atoms with Crippen molar-refractivity contribution in [2.75, 3.05) is 13.1 Å². The maximum absolute atomic E-state index is 10.4. The predicted molar refractivity (Wildman–Crippen MR) is 45.5 cm³/mol. The number of hydrogen-bond donors (Lipinski definition) is 2. The number of carbonyl (C=O) groups excluding carboxylic acids is 1. The second-order valence-electron chi connectivity index (χ2n) is 2.36. The van der Waals surface area contributed by atoms with Crippen LogP contribution in [0.1, 0.15) is 20.3 Å². The fourth-order valence-corrected chi connectivity index (χ4v) is 0.599. The maximum Gasteiger partial charge on any atom is 0.216 e. The van der Waals surface area contributed by atoms with E-state index in [1.165, 1.54) is 6.92 Å². The fraction of sp³-hybridized carbons (Fsp3) is 0.714. The molecule has 0 aromatic carbocycles. The highest BCUT2D eigenvalue weighted by atomic mass is 16.1. The van der Waals surface area contributed by atoms with Crippen LogP contribution in [0.5, 0.6) is 0 Å². The van der Waals surface area contributed by atoms with Gasteiger partial charge in [0.15, 0.2) is 0 Å².